The van der Waals surface area contributed by atoms with E-state index in [1.165, 1.54) is 12.1 Å². The third-order valence-corrected chi connectivity index (χ3v) is 3.85. The monoisotopic (exact) mass is 295 g/mol. The quantitative estimate of drug-likeness (QED) is 0.937. The summed E-state index contributed by atoms with van der Waals surface area (Å²) in [7, 11) is 0. The summed E-state index contributed by atoms with van der Waals surface area (Å²) in [6.45, 7) is 6.46. The number of halogens is 2. The van der Waals surface area contributed by atoms with Crippen molar-refractivity contribution in [1.82, 2.24) is 9.78 Å². The van der Waals surface area contributed by atoms with Gasteiger partial charge < -0.3 is 5.73 Å². The van der Waals surface area contributed by atoms with Crippen molar-refractivity contribution in [2.75, 3.05) is 0 Å². The van der Waals surface area contributed by atoms with E-state index in [2.05, 4.69) is 5.10 Å². The van der Waals surface area contributed by atoms with E-state index in [1.807, 2.05) is 31.5 Å². The summed E-state index contributed by atoms with van der Waals surface area (Å²) in [5.74, 6) is -0.262. The summed E-state index contributed by atoms with van der Waals surface area (Å²) in [5, 5.41) is 5.01. The Labute approximate surface area is 123 Å². The summed E-state index contributed by atoms with van der Waals surface area (Å²) in [6.07, 6.45) is 0.538. The van der Waals surface area contributed by atoms with E-state index in [1.54, 1.807) is 0 Å². The smallest absolute Gasteiger partial charge is 0.123 e. The van der Waals surface area contributed by atoms with Crippen LogP contribution in [0.15, 0.2) is 18.2 Å². The van der Waals surface area contributed by atoms with Crippen LogP contribution in [0.2, 0.25) is 5.02 Å². The minimum atomic E-state index is -0.302. The summed E-state index contributed by atoms with van der Waals surface area (Å²) in [5.41, 5.74) is 9.54. The van der Waals surface area contributed by atoms with Crippen molar-refractivity contribution in [2.24, 2.45) is 5.73 Å². The molecule has 5 heteroatoms. The maximum absolute atomic E-state index is 13.5. The van der Waals surface area contributed by atoms with Gasteiger partial charge in [-0.2, -0.15) is 5.10 Å². The van der Waals surface area contributed by atoms with Gasteiger partial charge in [-0.05, 0) is 44.0 Å². The molecule has 0 radical (unpaired) electrons. The van der Waals surface area contributed by atoms with E-state index < -0.39 is 0 Å². The van der Waals surface area contributed by atoms with Crippen molar-refractivity contribution in [3.05, 3.63) is 51.6 Å². The van der Waals surface area contributed by atoms with E-state index in [-0.39, 0.29) is 11.9 Å². The predicted octanol–water partition coefficient (Wildman–Crippen LogP) is 3.55. The van der Waals surface area contributed by atoms with Crippen LogP contribution in [0.5, 0.6) is 0 Å². The Hall–Kier alpha value is -1.39. The Morgan fingerprint density at radius 3 is 2.65 bits per heavy atom. The van der Waals surface area contributed by atoms with Gasteiger partial charge in [0, 0.05) is 19.0 Å². The molecule has 0 bridgehead atoms. The zero-order valence-corrected chi connectivity index (χ0v) is 12.7. The molecule has 1 aromatic carbocycles. The van der Waals surface area contributed by atoms with Gasteiger partial charge in [0.1, 0.15) is 5.82 Å². The second-order valence-corrected chi connectivity index (χ2v) is 5.41. The Kier molecular flexibility index (Phi) is 4.45. The van der Waals surface area contributed by atoms with Crippen LogP contribution in [0.25, 0.3) is 0 Å². The Bertz CT molecular complexity index is 602. The molecule has 1 atom stereocenters. The Balaban J connectivity index is 2.29. The third-order valence-electron chi connectivity index (χ3n) is 3.36. The molecular formula is C15H19ClFN3. The highest BCUT2D eigenvalue weighted by Gasteiger charge is 2.17. The molecule has 1 aromatic heterocycles. The fourth-order valence-electron chi connectivity index (χ4n) is 2.37. The summed E-state index contributed by atoms with van der Waals surface area (Å²) in [6, 6.07) is 4.57. The molecule has 2 aromatic rings. The van der Waals surface area contributed by atoms with Crippen molar-refractivity contribution in [3.8, 4) is 0 Å². The standard InChI is InChI=1S/C15H19ClFN3/c1-4-20-14(15(16)10(3)19-20)8-13(18)11-5-9(2)6-12(17)7-11/h5-7,13H,4,8,18H2,1-3H3. The van der Waals surface area contributed by atoms with Crippen LogP contribution < -0.4 is 5.73 Å². The number of nitrogens with two attached hydrogens (primary N) is 1. The maximum atomic E-state index is 13.5. The van der Waals surface area contributed by atoms with Crippen LogP contribution in [0.3, 0.4) is 0 Å². The topological polar surface area (TPSA) is 43.8 Å². The molecule has 0 aliphatic rings. The number of aromatic nitrogens is 2. The van der Waals surface area contributed by atoms with Crippen molar-refractivity contribution in [2.45, 2.75) is 39.8 Å². The van der Waals surface area contributed by atoms with E-state index in [9.17, 15) is 4.39 Å². The van der Waals surface area contributed by atoms with Gasteiger partial charge in [0.05, 0.1) is 16.4 Å². The van der Waals surface area contributed by atoms with Gasteiger partial charge >= 0.3 is 0 Å². The van der Waals surface area contributed by atoms with Gasteiger partial charge in [-0.15, -0.1) is 0 Å². The molecule has 0 spiro atoms. The van der Waals surface area contributed by atoms with E-state index in [0.29, 0.717) is 11.4 Å². The zero-order chi connectivity index (χ0) is 14.9. The second-order valence-electron chi connectivity index (χ2n) is 5.03. The highest BCUT2D eigenvalue weighted by molar-refractivity contribution is 6.31. The molecule has 0 aliphatic carbocycles. The van der Waals surface area contributed by atoms with Crippen molar-refractivity contribution in [3.63, 3.8) is 0 Å². The number of benzene rings is 1. The largest absolute Gasteiger partial charge is 0.324 e. The molecule has 0 amide bonds. The molecule has 0 saturated heterocycles. The molecule has 2 N–H and O–H groups in total. The van der Waals surface area contributed by atoms with Crippen LogP contribution in [-0.2, 0) is 13.0 Å². The highest BCUT2D eigenvalue weighted by Crippen LogP contribution is 2.25. The molecule has 0 aliphatic heterocycles. The minimum Gasteiger partial charge on any atom is -0.324 e. The molecule has 20 heavy (non-hydrogen) atoms. The molecule has 2 rings (SSSR count). The van der Waals surface area contributed by atoms with Crippen molar-refractivity contribution >= 4 is 11.6 Å². The fourth-order valence-corrected chi connectivity index (χ4v) is 2.58. The average molecular weight is 296 g/mol. The van der Waals surface area contributed by atoms with Gasteiger partial charge in [-0.25, -0.2) is 4.39 Å². The number of aryl methyl sites for hydroxylation is 3. The summed E-state index contributed by atoms with van der Waals surface area (Å²) in [4.78, 5) is 0. The molecular weight excluding hydrogens is 277 g/mol. The lowest BCUT2D eigenvalue weighted by atomic mass is 10.0. The van der Waals surface area contributed by atoms with Crippen LogP contribution in [0.1, 0.15) is 35.5 Å². The van der Waals surface area contributed by atoms with E-state index in [0.717, 1.165) is 29.1 Å². The molecule has 0 fully saturated rings. The lowest BCUT2D eigenvalue weighted by Crippen LogP contribution is -2.16. The van der Waals surface area contributed by atoms with Crippen LogP contribution in [0, 0.1) is 19.7 Å². The summed E-state index contributed by atoms with van der Waals surface area (Å²) < 4.78 is 15.3. The number of rotatable bonds is 4. The number of hydrogen-bond acceptors (Lipinski definition) is 2. The minimum absolute atomic E-state index is 0.262. The Morgan fingerprint density at radius 2 is 2.05 bits per heavy atom. The first kappa shape index (κ1) is 15.0. The van der Waals surface area contributed by atoms with E-state index in [4.69, 9.17) is 17.3 Å². The zero-order valence-electron chi connectivity index (χ0n) is 12.0. The maximum Gasteiger partial charge on any atom is 0.123 e. The second kappa shape index (κ2) is 5.94. The van der Waals surface area contributed by atoms with Crippen LogP contribution >= 0.6 is 11.6 Å². The van der Waals surface area contributed by atoms with Gasteiger partial charge in [-0.3, -0.25) is 4.68 Å². The van der Waals surface area contributed by atoms with E-state index >= 15 is 0 Å². The first-order valence-electron chi connectivity index (χ1n) is 6.66. The molecule has 1 unspecified atom stereocenters. The number of nitrogens with zero attached hydrogens (tertiary/aromatic N) is 2. The molecule has 3 nitrogen and oxygen atoms in total. The first-order valence-corrected chi connectivity index (χ1v) is 7.04. The predicted molar refractivity (Wildman–Crippen MR) is 79.4 cm³/mol. The van der Waals surface area contributed by atoms with Crippen molar-refractivity contribution < 1.29 is 4.39 Å². The molecule has 1 heterocycles. The fraction of sp³-hybridized carbons (Fsp3) is 0.400. The van der Waals surface area contributed by atoms with Gasteiger partial charge in [0.15, 0.2) is 0 Å². The lowest BCUT2D eigenvalue weighted by Gasteiger charge is -2.14. The SMILES string of the molecule is CCn1nc(C)c(Cl)c1CC(N)c1cc(C)cc(F)c1. The Morgan fingerprint density at radius 1 is 1.35 bits per heavy atom. The summed E-state index contributed by atoms with van der Waals surface area (Å²) >= 11 is 6.27. The normalized spacial score (nSPS) is 12.7. The lowest BCUT2D eigenvalue weighted by molar-refractivity contribution is 0.582. The first-order chi connectivity index (χ1) is 9.42. The average Bonchev–Trinajstić information content (AvgIpc) is 2.65. The molecule has 0 saturated carbocycles. The van der Waals surface area contributed by atoms with Gasteiger partial charge in [0.2, 0.25) is 0 Å². The van der Waals surface area contributed by atoms with Gasteiger partial charge in [-0.1, -0.05) is 17.7 Å². The van der Waals surface area contributed by atoms with Crippen LogP contribution in [-0.4, -0.2) is 9.78 Å². The third kappa shape index (κ3) is 3.02. The highest BCUT2D eigenvalue weighted by atomic mass is 35.5. The number of hydrogen-bond donors (Lipinski definition) is 1. The van der Waals surface area contributed by atoms with Crippen LogP contribution in [0.4, 0.5) is 4.39 Å². The molecule has 108 valence electrons. The van der Waals surface area contributed by atoms with Crippen molar-refractivity contribution in [1.29, 1.82) is 0 Å². The van der Waals surface area contributed by atoms with Gasteiger partial charge in [0.25, 0.3) is 0 Å².